The Hall–Kier alpha value is -1.02. The maximum absolute atomic E-state index is 5.73. The molecule has 0 amide bonds. The van der Waals surface area contributed by atoms with Gasteiger partial charge >= 0.3 is 0 Å². The molecule has 0 fully saturated rings. The minimum atomic E-state index is 0.278. The summed E-state index contributed by atoms with van der Waals surface area (Å²) in [5, 5.41) is 0. The number of aryl methyl sites for hydroxylation is 1. The van der Waals surface area contributed by atoms with Crippen molar-refractivity contribution in [3.05, 3.63) is 29.8 Å². The van der Waals surface area contributed by atoms with Gasteiger partial charge in [-0.15, -0.1) is 0 Å². The molecule has 1 unspecified atom stereocenters. The summed E-state index contributed by atoms with van der Waals surface area (Å²) < 4.78 is 5.60. The molecule has 0 spiro atoms. The van der Waals surface area contributed by atoms with Gasteiger partial charge in [0.25, 0.3) is 0 Å². The van der Waals surface area contributed by atoms with E-state index in [0.29, 0.717) is 0 Å². The van der Waals surface area contributed by atoms with E-state index >= 15 is 0 Å². The molecule has 0 aliphatic heterocycles. The van der Waals surface area contributed by atoms with Crippen LogP contribution in [0.5, 0.6) is 5.75 Å². The van der Waals surface area contributed by atoms with E-state index in [-0.39, 0.29) is 6.04 Å². The van der Waals surface area contributed by atoms with E-state index in [4.69, 9.17) is 10.5 Å². The van der Waals surface area contributed by atoms with Gasteiger partial charge in [0.2, 0.25) is 0 Å². The first kappa shape index (κ1) is 13.0. The third-order valence-corrected chi connectivity index (χ3v) is 2.58. The van der Waals surface area contributed by atoms with Gasteiger partial charge in [-0.25, -0.2) is 0 Å². The predicted molar refractivity (Wildman–Crippen MR) is 68.8 cm³/mol. The van der Waals surface area contributed by atoms with Gasteiger partial charge in [0.15, 0.2) is 0 Å². The van der Waals surface area contributed by atoms with Crippen molar-refractivity contribution in [3.63, 3.8) is 0 Å². The fourth-order valence-electron chi connectivity index (χ4n) is 1.48. The third-order valence-electron chi connectivity index (χ3n) is 2.58. The zero-order chi connectivity index (χ0) is 11.8. The van der Waals surface area contributed by atoms with Gasteiger partial charge < -0.3 is 10.5 Å². The molecule has 90 valence electrons. The maximum atomic E-state index is 5.73. The van der Waals surface area contributed by atoms with Crippen LogP contribution in [0.2, 0.25) is 0 Å². The van der Waals surface area contributed by atoms with Crippen molar-refractivity contribution in [2.45, 2.75) is 45.6 Å². The molecule has 1 aromatic carbocycles. The lowest BCUT2D eigenvalue weighted by Gasteiger charge is -2.07. The second kappa shape index (κ2) is 7.29. The normalized spacial score (nSPS) is 12.4. The molecule has 1 aromatic rings. The van der Waals surface area contributed by atoms with E-state index in [2.05, 4.69) is 19.1 Å². The Kier molecular flexibility index (Phi) is 5.94. The van der Waals surface area contributed by atoms with Gasteiger partial charge in [-0.3, -0.25) is 0 Å². The Balaban J connectivity index is 2.35. The quantitative estimate of drug-likeness (QED) is 0.718. The Morgan fingerprint density at radius 3 is 2.50 bits per heavy atom. The van der Waals surface area contributed by atoms with E-state index in [1.807, 2.05) is 19.1 Å². The third kappa shape index (κ3) is 5.17. The van der Waals surface area contributed by atoms with Crippen molar-refractivity contribution in [3.8, 4) is 5.75 Å². The highest BCUT2D eigenvalue weighted by atomic mass is 16.5. The molecule has 1 atom stereocenters. The maximum Gasteiger partial charge on any atom is 0.119 e. The number of hydrogen-bond acceptors (Lipinski definition) is 2. The van der Waals surface area contributed by atoms with Crippen molar-refractivity contribution in [2.75, 3.05) is 6.61 Å². The van der Waals surface area contributed by atoms with Crippen molar-refractivity contribution in [2.24, 2.45) is 5.73 Å². The molecule has 2 nitrogen and oxygen atoms in total. The van der Waals surface area contributed by atoms with Gasteiger partial charge in [0.05, 0.1) is 6.61 Å². The molecule has 0 bridgehead atoms. The van der Waals surface area contributed by atoms with E-state index in [1.165, 1.54) is 12.0 Å². The molecular weight excluding hydrogens is 198 g/mol. The van der Waals surface area contributed by atoms with Gasteiger partial charge in [-0.2, -0.15) is 0 Å². The lowest BCUT2D eigenvalue weighted by atomic mass is 10.1. The van der Waals surface area contributed by atoms with Crippen molar-refractivity contribution < 1.29 is 4.74 Å². The van der Waals surface area contributed by atoms with Crippen LogP contribution in [0, 0.1) is 0 Å². The molecule has 0 aliphatic rings. The van der Waals surface area contributed by atoms with Crippen LogP contribution in [0.3, 0.4) is 0 Å². The highest BCUT2D eigenvalue weighted by Gasteiger charge is 1.98. The summed E-state index contributed by atoms with van der Waals surface area (Å²) in [7, 11) is 0. The molecule has 0 heterocycles. The second-order valence-corrected chi connectivity index (χ2v) is 4.36. The lowest BCUT2D eigenvalue weighted by molar-refractivity contribution is 0.309. The van der Waals surface area contributed by atoms with Crippen LogP contribution in [0.25, 0.3) is 0 Å². The first-order valence-corrected chi connectivity index (χ1v) is 6.19. The molecule has 1 rings (SSSR count). The summed E-state index contributed by atoms with van der Waals surface area (Å²) in [6.07, 6.45) is 4.38. The van der Waals surface area contributed by atoms with Crippen molar-refractivity contribution in [1.29, 1.82) is 0 Å². The summed E-state index contributed by atoms with van der Waals surface area (Å²) in [6.45, 7) is 5.03. The average Bonchev–Trinajstić information content (AvgIpc) is 2.28. The molecule has 0 radical (unpaired) electrons. The predicted octanol–water partition coefficient (Wildman–Crippen LogP) is 3.15. The summed E-state index contributed by atoms with van der Waals surface area (Å²) in [5.74, 6) is 0.970. The zero-order valence-corrected chi connectivity index (χ0v) is 10.4. The topological polar surface area (TPSA) is 35.2 Å². The fourth-order valence-corrected chi connectivity index (χ4v) is 1.48. The summed E-state index contributed by atoms with van der Waals surface area (Å²) in [5.41, 5.74) is 7.06. The number of ether oxygens (including phenoxy) is 1. The van der Waals surface area contributed by atoms with E-state index in [9.17, 15) is 0 Å². The summed E-state index contributed by atoms with van der Waals surface area (Å²) >= 11 is 0. The fraction of sp³-hybridized carbons (Fsp3) is 0.571. The Bertz CT molecular complexity index is 279. The van der Waals surface area contributed by atoms with Crippen LogP contribution in [0.4, 0.5) is 0 Å². The average molecular weight is 221 g/mol. The van der Waals surface area contributed by atoms with E-state index in [0.717, 1.165) is 31.6 Å². The van der Waals surface area contributed by atoms with E-state index in [1.54, 1.807) is 0 Å². The largest absolute Gasteiger partial charge is 0.494 e. The molecule has 2 heteroatoms. The van der Waals surface area contributed by atoms with Crippen molar-refractivity contribution in [1.82, 2.24) is 0 Å². The van der Waals surface area contributed by atoms with Crippen LogP contribution in [-0.4, -0.2) is 12.6 Å². The van der Waals surface area contributed by atoms with Gasteiger partial charge in [-0.1, -0.05) is 25.5 Å². The molecule has 16 heavy (non-hydrogen) atoms. The monoisotopic (exact) mass is 221 g/mol. The minimum absolute atomic E-state index is 0.278. The SMILES string of the molecule is CCCCOc1ccc(CCC(C)N)cc1. The molecule has 0 saturated heterocycles. The molecule has 0 saturated carbocycles. The number of benzene rings is 1. The highest BCUT2D eigenvalue weighted by molar-refractivity contribution is 5.27. The van der Waals surface area contributed by atoms with Crippen LogP contribution < -0.4 is 10.5 Å². The van der Waals surface area contributed by atoms with E-state index < -0.39 is 0 Å². The number of nitrogens with two attached hydrogens (primary N) is 1. The molecule has 2 N–H and O–H groups in total. The first-order valence-electron chi connectivity index (χ1n) is 6.19. The number of unbranched alkanes of at least 4 members (excludes halogenated alkanes) is 1. The van der Waals surface area contributed by atoms with Crippen LogP contribution in [0.15, 0.2) is 24.3 Å². The molecular formula is C14H23NO. The second-order valence-electron chi connectivity index (χ2n) is 4.36. The first-order chi connectivity index (χ1) is 7.72. The zero-order valence-electron chi connectivity index (χ0n) is 10.4. The molecule has 0 aliphatic carbocycles. The van der Waals surface area contributed by atoms with Crippen LogP contribution in [0.1, 0.15) is 38.7 Å². The van der Waals surface area contributed by atoms with Gasteiger partial charge in [0.1, 0.15) is 5.75 Å². The standard InChI is InChI=1S/C14H23NO/c1-3-4-11-16-14-9-7-13(8-10-14)6-5-12(2)15/h7-10,12H,3-6,11,15H2,1-2H3. The Morgan fingerprint density at radius 2 is 1.94 bits per heavy atom. The van der Waals surface area contributed by atoms with Crippen molar-refractivity contribution >= 4 is 0 Å². The Labute approximate surface area is 98.8 Å². The molecule has 0 aromatic heterocycles. The lowest BCUT2D eigenvalue weighted by Crippen LogP contribution is -2.15. The highest BCUT2D eigenvalue weighted by Crippen LogP contribution is 2.14. The minimum Gasteiger partial charge on any atom is -0.494 e. The summed E-state index contributed by atoms with van der Waals surface area (Å²) in [4.78, 5) is 0. The van der Waals surface area contributed by atoms with Gasteiger partial charge in [-0.05, 0) is 43.9 Å². The smallest absolute Gasteiger partial charge is 0.119 e. The number of rotatable bonds is 7. The Morgan fingerprint density at radius 1 is 1.25 bits per heavy atom. The number of hydrogen-bond donors (Lipinski definition) is 1. The van der Waals surface area contributed by atoms with Crippen LogP contribution in [-0.2, 0) is 6.42 Å². The van der Waals surface area contributed by atoms with Gasteiger partial charge in [0, 0.05) is 6.04 Å². The summed E-state index contributed by atoms with van der Waals surface area (Å²) in [6, 6.07) is 8.63. The van der Waals surface area contributed by atoms with Crippen LogP contribution >= 0.6 is 0 Å².